The van der Waals surface area contributed by atoms with Gasteiger partial charge in [0.2, 0.25) is 0 Å². The number of hydrogen-bond acceptors (Lipinski definition) is 3. The lowest BCUT2D eigenvalue weighted by atomic mass is 9.94. The molecule has 2 rings (SSSR count). The Bertz CT molecular complexity index is 530. The number of nitro groups is 1. The minimum Gasteiger partial charge on any atom is -0.349 e. The molecule has 0 heterocycles. The highest BCUT2D eigenvalue weighted by Gasteiger charge is 2.25. The molecule has 0 unspecified atom stereocenters. The van der Waals surface area contributed by atoms with Gasteiger partial charge in [0.25, 0.3) is 11.6 Å². The Morgan fingerprint density at radius 1 is 1.35 bits per heavy atom. The third kappa shape index (κ3) is 3.45. The van der Waals surface area contributed by atoms with Crippen LogP contribution < -0.4 is 5.32 Å². The van der Waals surface area contributed by atoms with E-state index < -0.39 is 22.3 Å². The lowest BCUT2D eigenvalue weighted by molar-refractivity contribution is -0.385. The summed E-state index contributed by atoms with van der Waals surface area (Å²) in [7, 11) is 0. The fraction of sp³-hybridized carbons (Fsp3) is 0.462. The van der Waals surface area contributed by atoms with E-state index in [0.29, 0.717) is 0 Å². The summed E-state index contributed by atoms with van der Waals surface area (Å²) in [6, 6.07) is 2.79. The third-order valence-corrected chi connectivity index (χ3v) is 3.83. The number of nitrogens with zero attached hydrogens (tertiary/aromatic N) is 1. The summed E-state index contributed by atoms with van der Waals surface area (Å²) >= 11 is 5.97. The molecule has 5 nitrogen and oxygen atoms in total. The number of benzene rings is 1. The topological polar surface area (TPSA) is 72.2 Å². The van der Waals surface area contributed by atoms with Crippen molar-refractivity contribution in [1.29, 1.82) is 0 Å². The van der Waals surface area contributed by atoms with Crippen LogP contribution in [0.2, 0.25) is 0 Å². The van der Waals surface area contributed by atoms with E-state index in [-0.39, 0.29) is 17.0 Å². The Morgan fingerprint density at radius 2 is 2.00 bits per heavy atom. The van der Waals surface area contributed by atoms with Crippen molar-refractivity contribution in [2.24, 2.45) is 0 Å². The lowest BCUT2D eigenvalue weighted by Crippen LogP contribution is -2.38. The smallest absolute Gasteiger partial charge is 0.282 e. The predicted octanol–water partition coefficient (Wildman–Crippen LogP) is 3.01. The van der Waals surface area contributed by atoms with Gasteiger partial charge >= 0.3 is 0 Å². The zero-order chi connectivity index (χ0) is 14.7. The Morgan fingerprint density at radius 3 is 2.60 bits per heavy atom. The quantitative estimate of drug-likeness (QED) is 0.530. The molecule has 108 valence electrons. The molecule has 20 heavy (non-hydrogen) atoms. The van der Waals surface area contributed by atoms with Gasteiger partial charge in [-0.05, 0) is 37.8 Å². The summed E-state index contributed by atoms with van der Waals surface area (Å²) in [5, 5.41) is 13.7. The van der Waals surface area contributed by atoms with Crippen molar-refractivity contribution in [3.63, 3.8) is 0 Å². The van der Waals surface area contributed by atoms with E-state index in [2.05, 4.69) is 5.32 Å². The first kappa shape index (κ1) is 14.7. The van der Waals surface area contributed by atoms with Gasteiger partial charge in [-0.25, -0.2) is 4.39 Å². The van der Waals surface area contributed by atoms with Gasteiger partial charge in [-0.3, -0.25) is 14.9 Å². The van der Waals surface area contributed by atoms with Crippen LogP contribution in [0.4, 0.5) is 10.1 Å². The normalized spacial score (nSPS) is 22.3. The van der Waals surface area contributed by atoms with E-state index in [1.54, 1.807) is 0 Å². The summed E-state index contributed by atoms with van der Waals surface area (Å²) in [5.41, 5.74) is -0.641. The highest BCUT2D eigenvalue weighted by Crippen LogP contribution is 2.24. The van der Waals surface area contributed by atoms with Crippen LogP contribution in [-0.4, -0.2) is 22.2 Å². The second-order valence-electron chi connectivity index (χ2n) is 4.84. The van der Waals surface area contributed by atoms with E-state index in [0.717, 1.165) is 43.9 Å². The van der Waals surface area contributed by atoms with Crippen LogP contribution in [-0.2, 0) is 0 Å². The number of carbonyl (C=O) groups is 1. The van der Waals surface area contributed by atoms with Crippen LogP contribution in [0.3, 0.4) is 0 Å². The third-order valence-electron chi connectivity index (χ3n) is 3.39. The van der Waals surface area contributed by atoms with Crippen molar-refractivity contribution in [3.8, 4) is 0 Å². The Kier molecular flexibility index (Phi) is 4.54. The fourth-order valence-corrected chi connectivity index (χ4v) is 2.56. The highest BCUT2D eigenvalue weighted by atomic mass is 35.5. The Balaban J connectivity index is 2.12. The second-order valence-corrected chi connectivity index (χ2v) is 5.46. The first-order valence-electron chi connectivity index (χ1n) is 6.36. The molecule has 1 N–H and O–H groups in total. The van der Waals surface area contributed by atoms with Crippen LogP contribution in [0.15, 0.2) is 18.2 Å². The SMILES string of the molecule is O=C(NC1CCC(Cl)CC1)c1cc(F)ccc1[N+](=O)[O-]. The van der Waals surface area contributed by atoms with Crippen molar-refractivity contribution in [3.05, 3.63) is 39.7 Å². The minimum absolute atomic E-state index is 0.0691. The monoisotopic (exact) mass is 300 g/mol. The summed E-state index contributed by atoms with van der Waals surface area (Å²) in [6.07, 6.45) is 3.03. The number of hydrogen-bond donors (Lipinski definition) is 1. The van der Waals surface area contributed by atoms with Gasteiger partial charge in [-0.15, -0.1) is 11.6 Å². The molecule has 0 atom stereocenters. The van der Waals surface area contributed by atoms with Crippen molar-refractivity contribution >= 4 is 23.2 Å². The molecule has 7 heteroatoms. The molecular weight excluding hydrogens is 287 g/mol. The van der Waals surface area contributed by atoms with E-state index >= 15 is 0 Å². The minimum atomic E-state index is -0.690. The van der Waals surface area contributed by atoms with Crippen molar-refractivity contribution in [2.75, 3.05) is 0 Å². The highest BCUT2D eigenvalue weighted by molar-refractivity contribution is 6.20. The summed E-state index contributed by atoms with van der Waals surface area (Å²) in [4.78, 5) is 22.2. The lowest BCUT2D eigenvalue weighted by Gasteiger charge is -2.25. The maximum absolute atomic E-state index is 13.2. The molecule has 0 radical (unpaired) electrons. The molecule has 1 saturated carbocycles. The summed E-state index contributed by atoms with van der Waals surface area (Å²) in [6.45, 7) is 0. The molecule has 1 amide bonds. The first-order valence-corrected chi connectivity index (χ1v) is 6.80. The molecule has 0 spiro atoms. The molecule has 0 aromatic heterocycles. The zero-order valence-electron chi connectivity index (χ0n) is 10.6. The maximum atomic E-state index is 13.2. The Labute approximate surface area is 120 Å². The standard InChI is InChI=1S/C13H14ClFN2O3/c14-8-1-4-10(5-2-8)16-13(18)11-7-9(15)3-6-12(11)17(19)20/h3,6-8,10H,1-2,4-5H2,(H,16,18). The molecule has 1 aliphatic carbocycles. The van der Waals surface area contributed by atoms with Crippen molar-refractivity contribution in [1.82, 2.24) is 5.32 Å². The van der Waals surface area contributed by atoms with Gasteiger partial charge in [-0.1, -0.05) is 0 Å². The van der Waals surface area contributed by atoms with Crippen LogP contribution in [0, 0.1) is 15.9 Å². The zero-order valence-corrected chi connectivity index (χ0v) is 11.4. The van der Waals surface area contributed by atoms with Crippen LogP contribution in [0.1, 0.15) is 36.0 Å². The number of nitro benzene ring substituents is 1. The largest absolute Gasteiger partial charge is 0.349 e. The summed E-state index contributed by atoms with van der Waals surface area (Å²) in [5.74, 6) is -1.29. The van der Waals surface area contributed by atoms with Gasteiger partial charge in [0.1, 0.15) is 11.4 Å². The molecule has 1 aromatic rings. The van der Waals surface area contributed by atoms with E-state index in [4.69, 9.17) is 11.6 Å². The molecule has 0 bridgehead atoms. The van der Waals surface area contributed by atoms with E-state index in [1.807, 2.05) is 0 Å². The number of rotatable bonds is 3. The number of amides is 1. The number of halogens is 2. The van der Waals surface area contributed by atoms with Crippen LogP contribution >= 0.6 is 11.6 Å². The average molecular weight is 301 g/mol. The van der Waals surface area contributed by atoms with Crippen LogP contribution in [0.25, 0.3) is 0 Å². The maximum Gasteiger partial charge on any atom is 0.282 e. The molecule has 1 aromatic carbocycles. The molecule has 1 fully saturated rings. The average Bonchev–Trinajstić information content (AvgIpc) is 2.41. The van der Waals surface area contributed by atoms with Gasteiger partial charge in [0.15, 0.2) is 0 Å². The summed E-state index contributed by atoms with van der Waals surface area (Å²) < 4.78 is 13.2. The number of nitrogens with one attached hydrogen (secondary N) is 1. The fourth-order valence-electron chi connectivity index (χ4n) is 2.31. The van der Waals surface area contributed by atoms with Crippen LogP contribution in [0.5, 0.6) is 0 Å². The number of alkyl halides is 1. The predicted molar refractivity (Wildman–Crippen MR) is 72.4 cm³/mol. The van der Waals surface area contributed by atoms with E-state index in [9.17, 15) is 19.3 Å². The van der Waals surface area contributed by atoms with Gasteiger partial charge in [-0.2, -0.15) is 0 Å². The van der Waals surface area contributed by atoms with E-state index in [1.165, 1.54) is 0 Å². The van der Waals surface area contributed by atoms with Gasteiger partial charge in [0, 0.05) is 17.5 Å². The van der Waals surface area contributed by atoms with Crippen molar-refractivity contribution < 1.29 is 14.1 Å². The second kappa shape index (κ2) is 6.17. The van der Waals surface area contributed by atoms with Gasteiger partial charge in [0.05, 0.1) is 4.92 Å². The molecule has 0 saturated heterocycles. The molecule has 1 aliphatic rings. The first-order chi connectivity index (χ1) is 9.47. The van der Waals surface area contributed by atoms with Gasteiger partial charge < -0.3 is 5.32 Å². The molecular formula is C13H14ClFN2O3. The Hall–Kier alpha value is -1.69. The van der Waals surface area contributed by atoms with Crippen molar-refractivity contribution in [2.45, 2.75) is 37.1 Å². The molecule has 0 aliphatic heterocycles. The number of carbonyl (C=O) groups excluding carboxylic acids is 1.